The fraction of sp³-hybridized carbons (Fsp3) is 0.538. The van der Waals surface area contributed by atoms with E-state index in [0.29, 0.717) is 30.6 Å². The Bertz CT molecular complexity index is 521. The van der Waals surface area contributed by atoms with E-state index in [4.69, 9.17) is 0 Å². The molecule has 0 spiro atoms. The van der Waals surface area contributed by atoms with Crippen molar-refractivity contribution >= 4 is 26.0 Å². The van der Waals surface area contributed by atoms with E-state index in [9.17, 15) is 13.5 Å². The minimum Gasteiger partial charge on any atom is -0.393 e. The summed E-state index contributed by atoms with van der Waals surface area (Å²) in [4.78, 5) is 0.310. The Morgan fingerprint density at radius 3 is 2.21 bits per heavy atom. The predicted octanol–water partition coefficient (Wildman–Crippen LogP) is 2.37. The average Bonchev–Trinajstić information content (AvgIpc) is 2.39. The van der Waals surface area contributed by atoms with Gasteiger partial charge in [-0.2, -0.15) is 4.31 Å². The topological polar surface area (TPSA) is 57.6 Å². The first-order chi connectivity index (χ1) is 8.91. The van der Waals surface area contributed by atoms with E-state index in [2.05, 4.69) is 15.9 Å². The molecule has 2 rings (SSSR count). The molecule has 0 atom stereocenters. The van der Waals surface area contributed by atoms with Gasteiger partial charge < -0.3 is 5.11 Å². The van der Waals surface area contributed by atoms with Crippen molar-refractivity contribution in [1.29, 1.82) is 0 Å². The van der Waals surface area contributed by atoms with Crippen LogP contribution < -0.4 is 0 Å². The van der Waals surface area contributed by atoms with Crippen LogP contribution in [0.2, 0.25) is 0 Å². The van der Waals surface area contributed by atoms with Gasteiger partial charge >= 0.3 is 0 Å². The maximum absolute atomic E-state index is 12.5. The Labute approximate surface area is 122 Å². The van der Waals surface area contributed by atoms with Crippen molar-refractivity contribution in [1.82, 2.24) is 4.31 Å². The number of aliphatic hydroxyl groups is 1. The summed E-state index contributed by atoms with van der Waals surface area (Å²) < 4.78 is 27.2. The summed E-state index contributed by atoms with van der Waals surface area (Å²) in [5.74, 6) is 0. The minimum atomic E-state index is -3.44. The lowest BCUT2D eigenvalue weighted by molar-refractivity contribution is 0.104. The molecule has 6 heteroatoms. The van der Waals surface area contributed by atoms with Gasteiger partial charge in [0.25, 0.3) is 0 Å². The van der Waals surface area contributed by atoms with E-state index in [1.54, 1.807) is 31.3 Å². The summed E-state index contributed by atoms with van der Waals surface area (Å²) in [6.45, 7) is 0. The van der Waals surface area contributed by atoms with Gasteiger partial charge in [-0.15, -0.1) is 0 Å². The highest BCUT2D eigenvalue weighted by atomic mass is 79.9. The first-order valence-electron chi connectivity index (χ1n) is 6.33. The largest absolute Gasteiger partial charge is 0.393 e. The van der Waals surface area contributed by atoms with Crippen LogP contribution in [0.5, 0.6) is 0 Å². The van der Waals surface area contributed by atoms with Crippen molar-refractivity contribution in [2.24, 2.45) is 0 Å². The molecule has 1 aromatic carbocycles. The third-order valence-electron chi connectivity index (χ3n) is 3.67. The van der Waals surface area contributed by atoms with Gasteiger partial charge in [0.05, 0.1) is 11.0 Å². The van der Waals surface area contributed by atoms with E-state index in [1.807, 2.05) is 0 Å². The van der Waals surface area contributed by atoms with Crippen LogP contribution in [0, 0.1) is 0 Å². The molecule has 4 nitrogen and oxygen atoms in total. The van der Waals surface area contributed by atoms with Crippen LogP contribution in [0.3, 0.4) is 0 Å². The second-order valence-electron chi connectivity index (χ2n) is 4.94. The molecule has 1 fully saturated rings. The summed E-state index contributed by atoms with van der Waals surface area (Å²) in [5, 5.41) is 9.49. The molecule has 0 unspecified atom stereocenters. The number of halogens is 1. The van der Waals surface area contributed by atoms with Crippen LogP contribution in [0.15, 0.2) is 33.6 Å². The van der Waals surface area contributed by atoms with Gasteiger partial charge in [0, 0.05) is 17.6 Å². The summed E-state index contributed by atoms with van der Waals surface area (Å²) in [5.41, 5.74) is 0. The molecular weight excluding hydrogens is 330 g/mol. The highest BCUT2D eigenvalue weighted by Crippen LogP contribution is 2.27. The van der Waals surface area contributed by atoms with Gasteiger partial charge in [-0.3, -0.25) is 0 Å². The Morgan fingerprint density at radius 2 is 1.68 bits per heavy atom. The van der Waals surface area contributed by atoms with Gasteiger partial charge in [-0.05, 0) is 49.9 Å². The molecule has 0 radical (unpaired) electrons. The molecule has 1 N–H and O–H groups in total. The second kappa shape index (κ2) is 5.91. The normalized spacial score (nSPS) is 24.6. The second-order valence-corrected chi connectivity index (χ2v) is 7.85. The molecule has 0 bridgehead atoms. The number of nitrogens with zero attached hydrogens (tertiary/aromatic N) is 1. The monoisotopic (exact) mass is 347 g/mol. The fourth-order valence-corrected chi connectivity index (χ4v) is 4.07. The Hall–Kier alpha value is -0.430. The molecule has 19 heavy (non-hydrogen) atoms. The van der Waals surface area contributed by atoms with Crippen molar-refractivity contribution in [3.8, 4) is 0 Å². The summed E-state index contributed by atoms with van der Waals surface area (Å²) >= 11 is 3.30. The van der Waals surface area contributed by atoms with Crippen LogP contribution in [0.4, 0.5) is 0 Å². The minimum absolute atomic E-state index is 0.0166. The molecule has 1 aromatic rings. The third-order valence-corrected chi connectivity index (χ3v) is 6.12. The Morgan fingerprint density at radius 1 is 1.16 bits per heavy atom. The standard InChI is InChI=1S/C13H18BrNO3S/c1-15(11-4-6-12(16)7-5-11)19(17,18)13-8-2-10(14)3-9-13/h2-3,8-9,11-12,16H,4-7H2,1H3. The van der Waals surface area contributed by atoms with E-state index < -0.39 is 10.0 Å². The molecular formula is C13H18BrNO3S. The van der Waals surface area contributed by atoms with Gasteiger partial charge in [0.1, 0.15) is 0 Å². The zero-order valence-electron chi connectivity index (χ0n) is 10.8. The molecule has 0 saturated heterocycles. The molecule has 0 heterocycles. The zero-order chi connectivity index (χ0) is 14.0. The van der Waals surface area contributed by atoms with Gasteiger partial charge in [-0.1, -0.05) is 15.9 Å². The van der Waals surface area contributed by atoms with Gasteiger partial charge in [-0.25, -0.2) is 8.42 Å². The van der Waals surface area contributed by atoms with Crippen molar-refractivity contribution in [2.45, 2.75) is 42.7 Å². The number of aliphatic hydroxyl groups excluding tert-OH is 1. The first kappa shape index (κ1) is 15.0. The lowest BCUT2D eigenvalue weighted by Crippen LogP contribution is -2.40. The molecule has 1 aliphatic carbocycles. The number of rotatable bonds is 3. The lowest BCUT2D eigenvalue weighted by atomic mass is 9.93. The maximum Gasteiger partial charge on any atom is 0.243 e. The highest BCUT2D eigenvalue weighted by molar-refractivity contribution is 9.10. The van der Waals surface area contributed by atoms with Crippen LogP contribution in [-0.4, -0.2) is 37.0 Å². The Balaban J connectivity index is 2.17. The van der Waals surface area contributed by atoms with Crippen molar-refractivity contribution < 1.29 is 13.5 Å². The zero-order valence-corrected chi connectivity index (χ0v) is 13.2. The third kappa shape index (κ3) is 3.37. The van der Waals surface area contributed by atoms with Crippen LogP contribution >= 0.6 is 15.9 Å². The predicted molar refractivity (Wildman–Crippen MR) is 77.4 cm³/mol. The summed E-state index contributed by atoms with van der Waals surface area (Å²) in [6.07, 6.45) is 2.50. The van der Waals surface area contributed by atoms with Crippen LogP contribution in [0.1, 0.15) is 25.7 Å². The fourth-order valence-electron chi connectivity index (χ4n) is 2.39. The molecule has 1 aliphatic rings. The Kier molecular flexibility index (Phi) is 4.66. The quantitative estimate of drug-likeness (QED) is 0.913. The van der Waals surface area contributed by atoms with Crippen molar-refractivity contribution in [2.75, 3.05) is 7.05 Å². The lowest BCUT2D eigenvalue weighted by Gasteiger charge is -2.32. The van der Waals surface area contributed by atoms with Gasteiger partial charge in [0.15, 0.2) is 0 Å². The summed E-state index contributed by atoms with van der Waals surface area (Å²) in [6, 6.07) is 6.65. The SMILES string of the molecule is CN(C1CCC(O)CC1)S(=O)(=O)c1ccc(Br)cc1. The number of sulfonamides is 1. The van der Waals surface area contributed by atoms with E-state index in [1.165, 1.54) is 4.31 Å². The molecule has 0 aliphatic heterocycles. The van der Waals surface area contributed by atoms with E-state index in [-0.39, 0.29) is 12.1 Å². The van der Waals surface area contributed by atoms with Crippen molar-refractivity contribution in [3.05, 3.63) is 28.7 Å². The average molecular weight is 348 g/mol. The molecule has 106 valence electrons. The maximum atomic E-state index is 12.5. The molecule has 0 aromatic heterocycles. The molecule has 0 amide bonds. The highest BCUT2D eigenvalue weighted by Gasteiger charge is 2.30. The smallest absolute Gasteiger partial charge is 0.243 e. The number of benzene rings is 1. The number of hydrogen-bond donors (Lipinski definition) is 1. The van der Waals surface area contributed by atoms with Gasteiger partial charge in [0.2, 0.25) is 10.0 Å². The van der Waals surface area contributed by atoms with Crippen LogP contribution in [-0.2, 0) is 10.0 Å². The van der Waals surface area contributed by atoms with E-state index in [0.717, 1.165) is 4.47 Å². The van der Waals surface area contributed by atoms with E-state index >= 15 is 0 Å². The summed E-state index contributed by atoms with van der Waals surface area (Å²) in [7, 11) is -1.82. The first-order valence-corrected chi connectivity index (χ1v) is 8.56. The van der Waals surface area contributed by atoms with Crippen LogP contribution in [0.25, 0.3) is 0 Å². The number of hydrogen-bond acceptors (Lipinski definition) is 3. The van der Waals surface area contributed by atoms with Crippen molar-refractivity contribution in [3.63, 3.8) is 0 Å². The molecule has 1 saturated carbocycles.